The number of nitrogens with one attached hydrogen (secondary N) is 2. The highest BCUT2D eigenvalue weighted by Gasteiger charge is 2.36. The number of methoxy groups -OCH3 is 1. The third kappa shape index (κ3) is 8.62. The summed E-state index contributed by atoms with van der Waals surface area (Å²) in [6, 6.07) is 7.28. The van der Waals surface area contributed by atoms with E-state index in [1.807, 2.05) is 19.1 Å². The molecule has 0 heterocycles. The Balaban J connectivity index is 1.84. The first kappa shape index (κ1) is 23.5. The quantitative estimate of drug-likeness (QED) is 0.423. The van der Waals surface area contributed by atoms with Crippen LogP contribution in [0.3, 0.4) is 0 Å². The van der Waals surface area contributed by atoms with Gasteiger partial charge in [-0.25, -0.2) is 4.99 Å². The number of benzene rings is 1. The van der Waals surface area contributed by atoms with E-state index in [4.69, 9.17) is 4.74 Å². The minimum atomic E-state index is -4.30. The first-order valence-corrected chi connectivity index (χ1v) is 10.1. The van der Waals surface area contributed by atoms with Gasteiger partial charge >= 0.3 is 6.18 Å². The lowest BCUT2D eigenvalue weighted by atomic mass is 9.67. The summed E-state index contributed by atoms with van der Waals surface area (Å²) in [6.45, 7) is 3.64. The number of ether oxygens (including phenoxy) is 2. The maximum Gasteiger partial charge on any atom is 0.411 e. The van der Waals surface area contributed by atoms with Crippen LogP contribution < -0.4 is 10.6 Å². The standard InChI is InChI=1S/C21H32F3N3O2/c1-3-25-19(27-15-20(9-4-10-20)11-12-28-2)26-13-17-5-7-18(8-6-17)14-29-16-21(22,23)24/h5-8H,3-4,9-16H2,1-2H3,(H2,25,26,27). The molecule has 0 aliphatic heterocycles. The van der Waals surface area contributed by atoms with Crippen molar-refractivity contribution in [2.45, 2.75) is 51.9 Å². The van der Waals surface area contributed by atoms with Gasteiger partial charge in [0.05, 0.1) is 13.2 Å². The Morgan fingerprint density at radius 1 is 1.14 bits per heavy atom. The predicted molar refractivity (Wildman–Crippen MR) is 108 cm³/mol. The molecule has 0 aromatic heterocycles. The third-order valence-corrected chi connectivity index (χ3v) is 5.20. The van der Waals surface area contributed by atoms with Crippen LogP contribution in [-0.2, 0) is 22.6 Å². The van der Waals surface area contributed by atoms with Crippen molar-refractivity contribution in [3.8, 4) is 0 Å². The van der Waals surface area contributed by atoms with E-state index in [2.05, 4.69) is 20.4 Å². The second-order valence-electron chi connectivity index (χ2n) is 7.57. The molecule has 0 atom stereocenters. The third-order valence-electron chi connectivity index (χ3n) is 5.20. The molecular formula is C21H32F3N3O2. The van der Waals surface area contributed by atoms with E-state index >= 15 is 0 Å². The molecule has 2 N–H and O–H groups in total. The van der Waals surface area contributed by atoms with E-state index in [0.29, 0.717) is 17.5 Å². The smallest absolute Gasteiger partial charge is 0.385 e. The van der Waals surface area contributed by atoms with Gasteiger partial charge in [0, 0.05) is 26.8 Å². The Bertz CT molecular complexity index is 629. The highest BCUT2D eigenvalue weighted by Crippen LogP contribution is 2.43. The zero-order valence-corrected chi connectivity index (χ0v) is 17.3. The predicted octanol–water partition coefficient (Wildman–Crippen LogP) is 4.03. The van der Waals surface area contributed by atoms with Crippen LogP contribution in [-0.4, -0.2) is 45.5 Å². The van der Waals surface area contributed by atoms with Crippen LogP contribution in [0.1, 0.15) is 43.7 Å². The normalized spacial score (nSPS) is 16.4. The van der Waals surface area contributed by atoms with Gasteiger partial charge in [-0.2, -0.15) is 13.2 Å². The largest absolute Gasteiger partial charge is 0.411 e. The molecule has 1 aromatic carbocycles. The van der Waals surface area contributed by atoms with Crippen LogP contribution in [0.5, 0.6) is 0 Å². The van der Waals surface area contributed by atoms with Crippen molar-refractivity contribution < 1.29 is 22.6 Å². The lowest BCUT2D eigenvalue weighted by molar-refractivity contribution is -0.176. The SMILES string of the molecule is CCNC(=NCc1ccc(COCC(F)(F)F)cc1)NCC1(CCOC)CCC1. The molecule has 29 heavy (non-hydrogen) atoms. The summed E-state index contributed by atoms with van der Waals surface area (Å²) in [5, 5.41) is 6.72. The molecule has 164 valence electrons. The fourth-order valence-corrected chi connectivity index (χ4v) is 3.32. The zero-order chi connectivity index (χ0) is 21.2. The molecule has 1 fully saturated rings. The van der Waals surface area contributed by atoms with E-state index in [-0.39, 0.29) is 6.61 Å². The Hall–Kier alpha value is -1.80. The second-order valence-corrected chi connectivity index (χ2v) is 7.57. The molecule has 5 nitrogen and oxygen atoms in total. The minimum Gasteiger partial charge on any atom is -0.385 e. The summed E-state index contributed by atoms with van der Waals surface area (Å²) in [7, 11) is 1.74. The molecule has 0 radical (unpaired) electrons. The Morgan fingerprint density at radius 2 is 1.83 bits per heavy atom. The number of aliphatic imine (C=N–C) groups is 1. The van der Waals surface area contributed by atoms with Crippen molar-refractivity contribution in [1.29, 1.82) is 0 Å². The number of nitrogens with zero attached hydrogens (tertiary/aromatic N) is 1. The van der Waals surface area contributed by atoms with Crippen LogP contribution in [0, 0.1) is 5.41 Å². The van der Waals surface area contributed by atoms with Gasteiger partial charge in [-0.15, -0.1) is 0 Å². The molecule has 2 rings (SSSR count). The van der Waals surface area contributed by atoms with Crippen LogP contribution in [0.25, 0.3) is 0 Å². The number of hydrogen-bond donors (Lipinski definition) is 2. The van der Waals surface area contributed by atoms with Crippen LogP contribution in [0.4, 0.5) is 13.2 Å². The van der Waals surface area contributed by atoms with E-state index in [1.54, 1.807) is 19.2 Å². The highest BCUT2D eigenvalue weighted by atomic mass is 19.4. The fraction of sp³-hybridized carbons (Fsp3) is 0.667. The van der Waals surface area contributed by atoms with E-state index in [9.17, 15) is 13.2 Å². The van der Waals surface area contributed by atoms with Crippen molar-refractivity contribution in [3.05, 3.63) is 35.4 Å². The van der Waals surface area contributed by atoms with Crippen molar-refractivity contribution in [1.82, 2.24) is 10.6 Å². The average molecular weight is 416 g/mol. The molecule has 1 saturated carbocycles. The maximum atomic E-state index is 12.1. The summed E-state index contributed by atoms with van der Waals surface area (Å²) in [6.07, 6.45) is 0.430. The van der Waals surface area contributed by atoms with Crippen molar-refractivity contribution in [2.24, 2.45) is 10.4 Å². The zero-order valence-electron chi connectivity index (χ0n) is 17.3. The topological polar surface area (TPSA) is 54.9 Å². The molecular weight excluding hydrogens is 383 g/mol. The van der Waals surface area contributed by atoms with Gasteiger partial charge in [-0.05, 0) is 42.7 Å². The first-order chi connectivity index (χ1) is 13.9. The van der Waals surface area contributed by atoms with E-state index in [0.717, 1.165) is 37.6 Å². The number of halogens is 3. The molecule has 1 aliphatic carbocycles. The van der Waals surface area contributed by atoms with Gasteiger partial charge in [0.15, 0.2) is 5.96 Å². The van der Waals surface area contributed by atoms with Crippen molar-refractivity contribution in [3.63, 3.8) is 0 Å². The summed E-state index contributed by atoms with van der Waals surface area (Å²) in [4.78, 5) is 4.63. The number of guanidine groups is 1. The summed E-state index contributed by atoms with van der Waals surface area (Å²) < 4.78 is 46.3. The van der Waals surface area contributed by atoms with Gasteiger partial charge in [-0.1, -0.05) is 30.7 Å². The van der Waals surface area contributed by atoms with E-state index < -0.39 is 12.8 Å². The molecule has 0 amide bonds. The fourth-order valence-electron chi connectivity index (χ4n) is 3.32. The van der Waals surface area contributed by atoms with Crippen LogP contribution in [0.2, 0.25) is 0 Å². The van der Waals surface area contributed by atoms with Crippen LogP contribution in [0.15, 0.2) is 29.3 Å². The number of rotatable bonds is 11. The van der Waals surface area contributed by atoms with Crippen molar-refractivity contribution in [2.75, 3.05) is 33.4 Å². The Morgan fingerprint density at radius 3 is 2.38 bits per heavy atom. The van der Waals surface area contributed by atoms with Gasteiger partial charge in [-0.3, -0.25) is 0 Å². The monoisotopic (exact) mass is 415 g/mol. The van der Waals surface area contributed by atoms with Crippen LogP contribution >= 0.6 is 0 Å². The lowest BCUT2D eigenvalue weighted by Crippen LogP contribution is -2.46. The summed E-state index contributed by atoms with van der Waals surface area (Å²) in [5.74, 6) is 0.772. The minimum absolute atomic E-state index is 0.0587. The number of hydrogen-bond acceptors (Lipinski definition) is 3. The maximum absolute atomic E-state index is 12.1. The van der Waals surface area contributed by atoms with Gasteiger partial charge < -0.3 is 20.1 Å². The van der Waals surface area contributed by atoms with E-state index in [1.165, 1.54) is 19.3 Å². The molecule has 1 aliphatic rings. The number of alkyl halides is 3. The highest BCUT2D eigenvalue weighted by molar-refractivity contribution is 5.79. The molecule has 1 aromatic rings. The Labute approximate surface area is 171 Å². The molecule has 0 spiro atoms. The van der Waals surface area contributed by atoms with Gasteiger partial charge in [0.25, 0.3) is 0 Å². The molecule has 0 unspecified atom stereocenters. The second kappa shape index (κ2) is 11.4. The molecule has 0 bridgehead atoms. The summed E-state index contributed by atoms with van der Waals surface area (Å²) in [5.41, 5.74) is 1.99. The van der Waals surface area contributed by atoms with Gasteiger partial charge in [0.1, 0.15) is 6.61 Å². The van der Waals surface area contributed by atoms with Crippen molar-refractivity contribution >= 4 is 5.96 Å². The molecule has 8 heteroatoms. The molecule has 0 saturated heterocycles. The Kier molecular flexibility index (Phi) is 9.23. The summed E-state index contributed by atoms with van der Waals surface area (Å²) >= 11 is 0. The first-order valence-electron chi connectivity index (χ1n) is 10.1. The average Bonchev–Trinajstić information content (AvgIpc) is 2.65. The van der Waals surface area contributed by atoms with Gasteiger partial charge in [0.2, 0.25) is 0 Å². The lowest BCUT2D eigenvalue weighted by Gasteiger charge is -2.42.